The van der Waals surface area contributed by atoms with E-state index in [-0.39, 0.29) is 5.97 Å². The van der Waals surface area contributed by atoms with E-state index in [4.69, 9.17) is 16.3 Å². The Morgan fingerprint density at radius 2 is 1.28 bits per heavy atom. The van der Waals surface area contributed by atoms with Crippen LogP contribution in [0.1, 0.15) is 35.6 Å². The summed E-state index contributed by atoms with van der Waals surface area (Å²) in [6.45, 7) is 1.84. The van der Waals surface area contributed by atoms with Gasteiger partial charge in [-0.3, -0.25) is 4.79 Å². The number of esters is 1. The van der Waals surface area contributed by atoms with Gasteiger partial charge in [0.2, 0.25) is 0 Å². The fraction of sp³-hybridized carbons (Fsp3) is 0.136. The Bertz CT molecular complexity index is 791. The van der Waals surface area contributed by atoms with Crippen LogP contribution in [-0.2, 0) is 9.53 Å². The van der Waals surface area contributed by atoms with Crippen molar-refractivity contribution >= 4 is 17.6 Å². The molecule has 0 unspecified atom stereocenters. The molecule has 0 aliphatic carbocycles. The highest BCUT2D eigenvalue weighted by Crippen LogP contribution is 2.30. The molecule has 0 N–H and O–H groups in total. The maximum Gasteiger partial charge on any atom is 0.318 e. The molecule has 1 atom stereocenters. The molecule has 0 bridgehead atoms. The maximum absolute atomic E-state index is 13.0. The first-order chi connectivity index (χ1) is 12.2. The largest absolute Gasteiger partial charge is 0.457 e. The Hall–Kier alpha value is -2.58. The minimum absolute atomic E-state index is 0.287. The van der Waals surface area contributed by atoms with E-state index in [0.717, 1.165) is 16.7 Å². The summed E-state index contributed by atoms with van der Waals surface area (Å²) in [6, 6.07) is 26.8. The highest BCUT2D eigenvalue weighted by molar-refractivity contribution is 6.31. The smallest absolute Gasteiger partial charge is 0.318 e. The van der Waals surface area contributed by atoms with Crippen molar-refractivity contribution in [3.05, 3.63) is 107 Å². The van der Waals surface area contributed by atoms with Crippen LogP contribution in [0.4, 0.5) is 0 Å². The summed E-state index contributed by atoms with van der Waals surface area (Å²) in [5.74, 6) is -0.753. The number of ether oxygens (including phenoxy) is 1. The van der Waals surface area contributed by atoms with Gasteiger partial charge in [-0.2, -0.15) is 0 Å². The second kappa shape index (κ2) is 8.00. The molecule has 0 fully saturated rings. The average Bonchev–Trinajstić information content (AvgIpc) is 2.64. The molecule has 0 saturated heterocycles. The zero-order chi connectivity index (χ0) is 17.6. The molecule has 2 nitrogen and oxygen atoms in total. The van der Waals surface area contributed by atoms with Gasteiger partial charge in [0.25, 0.3) is 0 Å². The van der Waals surface area contributed by atoms with E-state index in [1.807, 2.05) is 85.8 Å². The fourth-order valence-electron chi connectivity index (χ4n) is 2.87. The Balaban J connectivity index is 1.89. The summed E-state index contributed by atoms with van der Waals surface area (Å²) in [4.78, 5) is 13.0. The van der Waals surface area contributed by atoms with Gasteiger partial charge in [0.05, 0.1) is 0 Å². The van der Waals surface area contributed by atoms with Crippen LogP contribution in [0.25, 0.3) is 0 Å². The molecule has 3 heteroatoms. The number of benzene rings is 3. The number of carbonyl (C=O) groups is 1. The Labute approximate surface area is 153 Å². The number of rotatable bonds is 5. The second-order valence-electron chi connectivity index (χ2n) is 5.86. The first-order valence-electron chi connectivity index (χ1n) is 8.21. The van der Waals surface area contributed by atoms with E-state index in [0.29, 0.717) is 5.02 Å². The van der Waals surface area contributed by atoms with Crippen molar-refractivity contribution < 1.29 is 9.53 Å². The highest BCUT2D eigenvalue weighted by Gasteiger charge is 2.26. The van der Waals surface area contributed by atoms with Crippen molar-refractivity contribution in [3.63, 3.8) is 0 Å². The molecule has 3 aromatic carbocycles. The number of hydrogen-bond donors (Lipinski definition) is 0. The molecule has 0 aliphatic rings. The summed E-state index contributed by atoms with van der Waals surface area (Å²) in [6.07, 6.45) is -0.420. The van der Waals surface area contributed by atoms with Gasteiger partial charge in [0.1, 0.15) is 12.0 Å². The van der Waals surface area contributed by atoms with Crippen molar-refractivity contribution in [2.75, 3.05) is 0 Å². The fourth-order valence-corrected chi connectivity index (χ4v) is 3.16. The Morgan fingerprint density at radius 1 is 0.800 bits per heavy atom. The first-order valence-corrected chi connectivity index (χ1v) is 8.59. The summed E-state index contributed by atoms with van der Waals surface area (Å²) in [5.41, 5.74) is 2.62. The molecule has 0 spiro atoms. The lowest BCUT2D eigenvalue weighted by Crippen LogP contribution is -2.19. The van der Waals surface area contributed by atoms with Crippen LogP contribution in [0.2, 0.25) is 5.02 Å². The van der Waals surface area contributed by atoms with Crippen LogP contribution < -0.4 is 0 Å². The highest BCUT2D eigenvalue weighted by atomic mass is 35.5. The minimum Gasteiger partial charge on any atom is -0.457 e. The van der Waals surface area contributed by atoms with Crippen LogP contribution in [0.3, 0.4) is 0 Å². The molecule has 0 amide bonds. The predicted octanol–water partition coefficient (Wildman–Crippen LogP) is 5.78. The van der Waals surface area contributed by atoms with E-state index in [2.05, 4.69) is 0 Å². The second-order valence-corrected chi connectivity index (χ2v) is 6.26. The normalized spacial score (nSPS) is 12.0. The summed E-state index contributed by atoms with van der Waals surface area (Å²) >= 11 is 6.22. The van der Waals surface area contributed by atoms with Gasteiger partial charge in [-0.05, 0) is 24.1 Å². The van der Waals surface area contributed by atoms with Gasteiger partial charge in [-0.25, -0.2) is 0 Å². The van der Waals surface area contributed by atoms with Crippen LogP contribution in [0.15, 0.2) is 84.9 Å². The van der Waals surface area contributed by atoms with Crippen LogP contribution in [0.5, 0.6) is 0 Å². The minimum atomic E-state index is -0.465. The van der Waals surface area contributed by atoms with Crippen molar-refractivity contribution in [1.82, 2.24) is 0 Å². The molecule has 25 heavy (non-hydrogen) atoms. The Kier molecular flexibility index (Phi) is 5.52. The Morgan fingerprint density at radius 3 is 1.80 bits per heavy atom. The summed E-state index contributed by atoms with van der Waals surface area (Å²) < 4.78 is 5.76. The number of halogens is 1. The third-order valence-corrected chi connectivity index (χ3v) is 4.48. The number of hydrogen-bond acceptors (Lipinski definition) is 2. The van der Waals surface area contributed by atoms with Gasteiger partial charge in [0.15, 0.2) is 0 Å². The van der Waals surface area contributed by atoms with E-state index in [1.54, 1.807) is 6.07 Å². The third-order valence-electron chi connectivity index (χ3n) is 4.14. The van der Waals surface area contributed by atoms with E-state index in [1.165, 1.54) is 0 Å². The standard InChI is InChI=1S/C22H19ClO2/c1-16(19-14-8-9-15-20(19)23)25-22(24)21(17-10-4-2-5-11-17)18-12-6-3-7-13-18/h2-16,21H,1H3/t16-/m0/s1. The molecular weight excluding hydrogens is 332 g/mol. The quantitative estimate of drug-likeness (QED) is 0.545. The predicted molar refractivity (Wildman–Crippen MR) is 101 cm³/mol. The number of carbonyl (C=O) groups excluding carboxylic acids is 1. The molecule has 0 heterocycles. The molecule has 0 aromatic heterocycles. The van der Waals surface area contributed by atoms with Crippen molar-refractivity contribution in [1.29, 1.82) is 0 Å². The molecule has 3 rings (SSSR count). The maximum atomic E-state index is 13.0. The zero-order valence-corrected chi connectivity index (χ0v) is 14.7. The molecular formula is C22H19ClO2. The van der Waals surface area contributed by atoms with Gasteiger partial charge in [-0.15, -0.1) is 0 Å². The lowest BCUT2D eigenvalue weighted by atomic mass is 9.91. The van der Waals surface area contributed by atoms with E-state index < -0.39 is 12.0 Å². The van der Waals surface area contributed by atoms with Crippen LogP contribution in [0, 0.1) is 0 Å². The van der Waals surface area contributed by atoms with Crippen LogP contribution in [-0.4, -0.2) is 5.97 Å². The van der Waals surface area contributed by atoms with Gasteiger partial charge < -0.3 is 4.74 Å². The van der Waals surface area contributed by atoms with E-state index >= 15 is 0 Å². The lowest BCUT2D eigenvalue weighted by molar-refractivity contribution is -0.149. The van der Waals surface area contributed by atoms with E-state index in [9.17, 15) is 4.79 Å². The molecule has 0 radical (unpaired) electrons. The summed E-state index contributed by atoms with van der Waals surface area (Å²) in [5, 5.41) is 0.596. The first kappa shape index (κ1) is 17.2. The molecule has 0 aliphatic heterocycles. The average molecular weight is 351 g/mol. The molecule has 126 valence electrons. The lowest BCUT2D eigenvalue weighted by Gasteiger charge is -2.21. The van der Waals surface area contributed by atoms with Crippen molar-refractivity contribution in [2.45, 2.75) is 18.9 Å². The zero-order valence-electron chi connectivity index (χ0n) is 13.9. The monoisotopic (exact) mass is 350 g/mol. The SMILES string of the molecule is C[C@H](OC(=O)C(c1ccccc1)c1ccccc1)c1ccccc1Cl. The van der Waals surface area contributed by atoms with Gasteiger partial charge >= 0.3 is 5.97 Å². The third kappa shape index (κ3) is 4.09. The topological polar surface area (TPSA) is 26.3 Å². The van der Waals surface area contributed by atoms with Crippen molar-refractivity contribution in [2.24, 2.45) is 0 Å². The van der Waals surface area contributed by atoms with Gasteiger partial charge in [0, 0.05) is 10.6 Å². The molecule has 0 saturated carbocycles. The summed E-state index contributed by atoms with van der Waals surface area (Å²) in [7, 11) is 0. The molecule has 3 aromatic rings. The van der Waals surface area contributed by atoms with Crippen molar-refractivity contribution in [3.8, 4) is 0 Å². The van der Waals surface area contributed by atoms with Crippen LogP contribution >= 0.6 is 11.6 Å². The van der Waals surface area contributed by atoms with Gasteiger partial charge in [-0.1, -0.05) is 90.5 Å².